The van der Waals surface area contributed by atoms with Gasteiger partial charge < -0.3 is 5.32 Å². The number of nitrogens with one attached hydrogen (secondary N) is 1. The molecular formula is C24H23N7O. The number of anilines is 1. The van der Waals surface area contributed by atoms with Gasteiger partial charge in [0.2, 0.25) is 5.91 Å². The minimum atomic E-state index is -0.137. The van der Waals surface area contributed by atoms with Crippen molar-refractivity contribution in [2.24, 2.45) is 0 Å². The summed E-state index contributed by atoms with van der Waals surface area (Å²) in [5, 5.41) is 23.0. The monoisotopic (exact) mass is 425 g/mol. The summed E-state index contributed by atoms with van der Waals surface area (Å²) in [6.07, 6.45) is 0. The Morgan fingerprint density at radius 3 is 2.47 bits per heavy atom. The minimum absolute atomic E-state index is 0.137. The van der Waals surface area contributed by atoms with Crippen LogP contribution in [0.2, 0.25) is 0 Å². The van der Waals surface area contributed by atoms with E-state index in [0.29, 0.717) is 11.5 Å². The number of aryl methyl sites for hydroxylation is 4. The molecule has 3 heterocycles. The van der Waals surface area contributed by atoms with E-state index in [0.717, 1.165) is 44.7 Å². The summed E-state index contributed by atoms with van der Waals surface area (Å²) in [5.74, 6) is 0.491. The lowest BCUT2D eigenvalue weighted by Crippen LogP contribution is -2.20. The maximum Gasteiger partial charge on any atom is 0.246 e. The molecule has 0 aliphatic rings. The van der Waals surface area contributed by atoms with Gasteiger partial charge in [0.05, 0.1) is 11.4 Å². The fourth-order valence-electron chi connectivity index (χ4n) is 3.98. The zero-order valence-corrected chi connectivity index (χ0v) is 18.4. The van der Waals surface area contributed by atoms with Gasteiger partial charge in [-0.3, -0.25) is 9.48 Å². The molecule has 0 unspecified atom stereocenters. The third kappa shape index (κ3) is 3.39. The van der Waals surface area contributed by atoms with E-state index in [1.807, 2.05) is 76.2 Å². The van der Waals surface area contributed by atoms with Crippen molar-refractivity contribution in [2.45, 2.75) is 34.2 Å². The van der Waals surface area contributed by atoms with Crippen LogP contribution in [0.4, 0.5) is 5.69 Å². The molecule has 0 saturated carbocycles. The van der Waals surface area contributed by atoms with Crippen molar-refractivity contribution < 1.29 is 4.79 Å². The van der Waals surface area contributed by atoms with Gasteiger partial charge in [0.25, 0.3) is 0 Å². The second-order valence-electron chi connectivity index (χ2n) is 8.05. The summed E-state index contributed by atoms with van der Waals surface area (Å²) in [7, 11) is 0. The molecule has 8 heteroatoms. The molecule has 0 bridgehead atoms. The zero-order valence-electron chi connectivity index (χ0n) is 18.4. The predicted molar refractivity (Wildman–Crippen MR) is 124 cm³/mol. The average molecular weight is 425 g/mol. The summed E-state index contributed by atoms with van der Waals surface area (Å²) in [6.45, 7) is 7.95. The van der Waals surface area contributed by atoms with E-state index in [9.17, 15) is 4.79 Å². The van der Waals surface area contributed by atoms with Crippen LogP contribution in [0, 0.1) is 27.7 Å². The van der Waals surface area contributed by atoms with Crippen molar-refractivity contribution >= 4 is 28.0 Å². The standard InChI is InChI=1S/C24H23N7O/c1-14-9-10-18(12-21(14)25-22(32)13-30-16(3)11-15(2)28-30)23-26-27-24-20-8-6-5-7-19(20)17(4)29-31(23)24/h5-12H,13H2,1-4H3,(H,25,32). The van der Waals surface area contributed by atoms with E-state index in [2.05, 4.69) is 20.6 Å². The van der Waals surface area contributed by atoms with Crippen LogP contribution in [-0.2, 0) is 11.3 Å². The first-order valence-electron chi connectivity index (χ1n) is 10.4. The van der Waals surface area contributed by atoms with Crippen molar-refractivity contribution in [3.8, 4) is 11.4 Å². The Morgan fingerprint density at radius 2 is 1.72 bits per heavy atom. The maximum atomic E-state index is 12.7. The molecule has 8 nitrogen and oxygen atoms in total. The molecule has 1 amide bonds. The highest BCUT2D eigenvalue weighted by Gasteiger charge is 2.16. The molecule has 160 valence electrons. The second-order valence-corrected chi connectivity index (χ2v) is 8.05. The summed E-state index contributed by atoms with van der Waals surface area (Å²) in [4.78, 5) is 12.7. The molecular weight excluding hydrogens is 402 g/mol. The summed E-state index contributed by atoms with van der Waals surface area (Å²) < 4.78 is 3.47. The molecule has 1 N–H and O–H groups in total. The number of hydrogen-bond donors (Lipinski definition) is 1. The lowest BCUT2D eigenvalue weighted by atomic mass is 10.1. The van der Waals surface area contributed by atoms with Crippen LogP contribution >= 0.6 is 0 Å². The SMILES string of the molecule is Cc1cc(C)n(CC(=O)Nc2cc(-c3nnc4c5ccccc5c(C)nn34)ccc2C)n1. The Labute approximate surface area is 184 Å². The Balaban J connectivity index is 1.50. The van der Waals surface area contributed by atoms with Gasteiger partial charge in [-0.1, -0.05) is 36.4 Å². The Kier molecular flexibility index (Phi) is 4.70. The zero-order chi connectivity index (χ0) is 22.4. The molecule has 5 aromatic rings. The Morgan fingerprint density at radius 1 is 0.938 bits per heavy atom. The number of fused-ring (bicyclic) bond motifs is 3. The fraction of sp³-hybridized carbons (Fsp3) is 0.208. The molecule has 0 fully saturated rings. The first kappa shape index (κ1) is 19.9. The van der Waals surface area contributed by atoms with Crippen molar-refractivity contribution in [1.29, 1.82) is 0 Å². The van der Waals surface area contributed by atoms with Gasteiger partial charge in [0.15, 0.2) is 11.5 Å². The van der Waals surface area contributed by atoms with Gasteiger partial charge in [-0.2, -0.15) is 14.7 Å². The molecule has 3 aromatic heterocycles. The molecule has 32 heavy (non-hydrogen) atoms. The molecule has 0 atom stereocenters. The van der Waals surface area contributed by atoms with E-state index in [-0.39, 0.29) is 12.5 Å². The number of benzene rings is 2. The molecule has 0 aliphatic carbocycles. The van der Waals surface area contributed by atoms with Crippen molar-refractivity contribution in [3.63, 3.8) is 0 Å². The molecule has 2 aromatic carbocycles. The minimum Gasteiger partial charge on any atom is -0.324 e. The number of amides is 1. The van der Waals surface area contributed by atoms with Gasteiger partial charge in [0, 0.05) is 27.7 Å². The van der Waals surface area contributed by atoms with Gasteiger partial charge in [-0.15, -0.1) is 10.2 Å². The largest absolute Gasteiger partial charge is 0.324 e. The van der Waals surface area contributed by atoms with E-state index in [4.69, 9.17) is 5.10 Å². The van der Waals surface area contributed by atoms with Gasteiger partial charge in [0.1, 0.15) is 6.54 Å². The van der Waals surface area contributed by atoms with Gasteiger partial charge >= 0.3 is 0 Å². The summed E-state index contributed by atoms with van der Waals surface area (Å²) >= 11 is 0. The van der Waals surface area contributed by atoms with E-state index in [1.54, 1.807) is 9.20 Å². The lowest BCUT2D eigenvalue weighted by molar-refractivity contribution is -0.116. The highest BCUT2D eigenvalue weighted by Crippen LogP contribution is 2.27. The second kappa shape index (κ2) is 7.56. The first-order chi connectivity index (χ1) is 15.4. The normalized spacial score (nSPS) is 11.4. The van der Waals surface area contributed by atoms with E-state index >= 15 is 0 Å². The summed E-state index contributed by atoms with van der Waals surface area (Å²) in [5.41, 5.74) is 5.96. The third-order valence-corrected chi connectivity index (χ3v) is 5.62. The molecule has 0 aliphatic heterocycles. The van der Waals surface area contributed by atoms with Crippen LogP contribution in [0.25, 0.3) is 27.8 Å². The van der Waals surface area contributed by atoms with Crippen LogP contribution in [0.5, 0.6) is 0 Å². The quantitative estimate of drug-likeness (QED) is 0.470. The van der Waals surface area contributed by atoms with Crippen molar-refractivity contribution in [1.82, 2.24) is 29.6 Å². The number of aromatic nitrogens is 6. The maximum absolute atomic E-state index is 12.7. The van der Waals surface area contributed by atoms with Crippen LogP contribution in [0.15, 0.2) is 48.5 Å². The highest BCUT2D eigenvalue weighted by atomic mass is 16.2. The van der Waals surface area contributed by atoms with Crippen LogP contribution < -0.4 is 5.32 Å². The average Bonchev–Trinajstić information content (AvgIpc) is 3.32. The Bertz CT molecular complexity index is 1500. The number of nitrogens with zero attached hydrogens (tertiary/aromatic N) is 6. The Hall–Kier alpha value is -4.07. The fourth-order valence-corrected chi connectivity index (χ4v) is 3.98. The molecule has 5 rings (SSSR count). The van der Waals surface area contributed by atoms with Crippen LogP contribution in [-0.4, -0.2) is 35.5 Å². The van der Waals surface area contributed by atoms with Crippen molar-refractivity contribution in [2.75, 3.05) is 5.32 Å². The number of rotatable bonds is 4. The summed E-state index contributed by atoms with van der Waals surface area (Å²) in [6, 6.07) is 15.8. The molecule has 0 saturated heterocycles. The van der Waals surface area contributed by atoms with Crippen molar-refractivity contribution in [3.05, 3.63) is 71.2 Å². The van der Waals surface area contributed by atoms with Crippen LogP contribution in [0.1, 0.15) is 22.6 Å². The van der Waals surface area contributed by atoms with Gasteiger partial charge in [-0.05, 0) is 45.4 Å². The topological polar surface area (TPSA) is 90.0 Å². The highest BCUT2D eigenvalue weighted by molar-refractivity contribution is 5.95. The van der Waals surface area contributed by atoms with Crippen LogP contribution in [0.3, 0.4) is 0 Å². The number of carbonyl (C=O) groups is 1. The number of carbonyl (C=O) groups excluding carboxylic acids is 1. The van der Waals surface area contributed by atoms with Gasteiger partial charge in [-0.25, -0.2) is 0 Å². The number of hydrogen-bond acceptors (Lipinski definition) is 5. The molecule has 0 spiro atoms. The predicted octanol–water partition coefficient (Wildman–Crippen LogP) is 4.01. The first-order valence-corrected chi connectivity index (χ1v) is 10.4. The van der Waals surface area contributed by atoms with E-state index < -0.39 is 0 Å². The lowest BCUT2D eigenvalue weighted by Gasteiger charge is -2.11. The smallest absolute Gasteiger partial charge is 0.246 e. The van der Waals surface area contributed by atoms with E-state index in [1.165, 1.54) is 0 Å². The molecule has 0 radical (unpaired) electrons. The third-order valence-electron chi connectivity index (χ3n) is 5.62.